The molecule has 0 bridgehead atoms. The van der Waals surface area contributed by atoms with Gasteiger partial charge in [-0.3, -0.25) is 0 Å². The molecule has 82 heavy (non-hydrogen) atoms. The summed E-state index contributed by atoms with van der Waals surface area (Å²) in [6.07, 6.45) is 0. The number of hydrogen-bond donors (Lipinski definition) is 0. The van der Waals surface area contributed by atoms with Crippen LogP contribution in [-0.2, 0) is 0 Å². The smallest absolute Gasteiger partial charge is 0.000696 e. The third kappa shape index (κ3) is 5.71. The first kappa shape index (κ1) is 44.5. The van der Waals surface area contributed by atoms with Gasteiger partial charge in [0.25, 0.3) is 0 Å². The maximum Gasteiger partial charge on any atom is -0.000696 e. The van der Waals surface area contributed by atoms with Crippen LogP contribution in [0, 0.1) is 13.8 Å². The van der Waals surface area contributed by atoms with Crippen LogP contribution in [0.15, 0.2) is 255 Å². The Morgan fingerprint density at radius 3 is 1.11 bits per heavy atom. The van der Waals surface area contributed by atoms with Crippen LogP contribution < -0.4 is 0 Å². The molecular formula is C82H48. The lowest BCUT2D eigenvalue weighted by atomic mass is 9.79. The van der Waals surface area contributed by atoms with Crippen molar-refractivity contribution in [2.45, 2.75) is 13.8 Å². The van der Waals surface area contributed by atoms with E-state index in [2.05, 4.69) is 269 Å². The summed E-state index contributed by atoms with van der Waals surface area (Å²) in [4.78, 5) is 0. The minimum absolute atomic E-state index is 1.22. The fourth-order valence-corrected chi connectivity index (χ4v) is 15.8. The predicted octanol–water partition coefficient (Wildman–Crippen LogP) is 23.3. The molecule has 0 aliphatic heterocycles. The van der Waals surface area contributed by atoms with Crippen LogP contribution in [-0.4, -0.2) is 0 Å². The molecule has 19 rings (SSSR count). The van der Waals surface area contributed by atoms with Gasteiger partial charge in [0.05, 0.1) is 0 Å². The predicted molar refractivity (Wildman–Crippen MR) is 354 cm³/mol. The van der Waals surface area contributed by atoms with Gasteiger partial charge in [0.2, 0.25) is 0 Å². The number of aryl methyl sites for hydroxylation is 2. The van der Waals surface area contributed by atoms with E-state index in [0.717, 1.165) is 0 Å². The Hall–Kier alpha value is -10.4. The van der Waals surface area contributed by atoms with E-state index in [-0.39, 0.29) is 0 Å². The lowest BCUT2D eigenvalue weighted by Crippen LogP contribution is -1.97. The third-order valence-corrected chi connectivity index (χ3v) is 19.3. The Balaban J connectivity index is 0.972. The van der Waals surface area contributed by atoms with Gasteiger partial charge in [-0.25, -0.2) is 0 Å². The van der Waals surface area contributed by atoms with E-state index < -0.39 is 0 Å². The molecule has 0 amide bonds. The second kappa shape index (κ2) is 16.1. The highest BCUT2D eigenvalue weighted by molar-refractivity contribution is 6.51. The summed E-state index contributed by atoms with van der Waals surface area (Å²) in [5, 5.41) is 29.2. The van der Waals surface area contributed by atoms with Gasteiger partial charge >= 0.3 is 0 Å². The summed E-state index contributed by atoms with van der Waals surface area (Å²) in [6, 6.07) is 97.2. The molecule has 1 aliphatic rings. The van der Waals surface area contributed by atoms with Gasteiger partial charge in [-0.2, -0.15) is 0 Å². The fourth-order valence-electron chi connectivity index (χ4n) is 15.8. The average Bonchev–Trinajstić information content (AvgIpc) is 1.72. The van der Waals surface area contributed by atoms with Crippen LogP contribution in [0.4, 0.5) is 0 Å². The Morgan fingerprint density at radius 1 is 0.171 bits per heavy atom. The Labute approximate surface area is 473 Å². The summed E-state index contributed by atoms with van der Waals surface area (Å²) < 4.78 is 0. The molecule has 0 aromatic heterocycles. The first-order chi connectivity index (χ1) is 40.6. The van der Waals surface area contributed by atoms with Crippen molar-refractivity contribution in [2.24, 2.45) is 0 Å². The molecule has 1 aliphatic carbocycles. The zero-order valence-corrected chi connectivity index (χ0v) is 45.2. The molecule has 0 saturated heterocycles. The van der Waals surface area contributed by atoms with E-state index in [1.54, 1.807) is 0 Å². The van der Waals surface area contributed by atoms with E-state index in [9.17, 15) is 0 Å². The highest BCUT2D eigenvalue weighted by Crippen LogP contribution is 2.62. The zero-order chi connectivity index (χ0) is 53.6. The Bertz CT molecular complexity index is 5580. The van der Waals surface area contributed by atoms with Gasteiger partial charge in [0.15, 0.2) is 0 Å². The molecule has 0 unspecified atom stereocenters. The van der Waals surface area contributed by atoms with Crippen molar-refractivity contribution in [1.82, 2.24) is 0 Å². The number of benzene rings is 16. The van der Waals surface area contributed by atoms with E-state index >= 15 is 0 Å². The second-order valence-electron chi connectivity index (χ2n) is 23.3. The minimum atomic E-state index is 1.22. The van der Waals surface area contributed by atoms with Gasteiger partial charge in [0.1, 0.15) is 0 Å². The summed E-state index contributed by atoms with van der Waals surface area (Å²) in [7, 11) is 0. The summed E-state index contributed by atoms with van der Waals surface area (Å²) in [5.41, 5.74) is 20.4. The van der Waals surface area contributed by atoms with Crippen LogP contribution in [0.5, 0.6) is 0 Å². The Kier molecular flexibility index (Phi) is 8.75. The molecule has 0 N–H and O–H groups in total. The maximum atomic E-state index is 2.50. The van der Waals surface area contributed by atoms with Gasteiger partial charge in [-0.15, -0.1) is 0 Å². The molecule has 0 radical (unpaired) electrons. The molecule has 18 aromatic carbocycles. The normalized spacial score (nSPS) is 12.5. The van der Waals surface area contributed by atoms with Crippen molar-refractivity contribution in [1.29, 1.82) is 0 Å². The highest BCUT2D eigenvalue weighted by atomic mass is 14.4. The molecule has 18 aromatic rings. The van der Waals surface area contributed by atoms with Crippen molar-refractivity contribution in [3.8, 4) is 77.9 Å². The second-order valence-corrected chi connectivity index (χ2v) is 23.3. The van der Waals surface area contributed by atoms with Crippen molar-refractivity contribution in [3.05, 3.63) is 266 Å². The maximum absolute atomic E-state index is 2.50. The minimum Gasteiger partial charge on any atom is -0.0622 e. The first-order valence-electron chi connectivity index (χ1n) is 28.9. The van der Waals surface area contributed by atoms with Crippen LogP contribution >= 0.6 is 0 Å². The lowest BCUT2D eigenvalue weighted by Gasteiger charge is -2.23. The topological polar surface area (TPSA) is 0 Å². The molecule has 0 saturated carbocycles. The van der Waals surface area contributed by atoms with E-state index in [1.165, 1.54) is 208 Å². The number of hydrogen-bond acceptors (Lipinski definition) is 0. The van der Waals surface area contributed by atoms with Crippen LogP contribution in [0.3, 0.4) is 0 Å². The van der Waals surface area contributed by atoms with Crippen molar-refractivity contribution in [3.63, 3.8) is 0 Å². The number of rotatable bonds is 5. The molecule has 0 heterocycles. The summed E-state index contributed by atoms with van der Waals surface area (Å²) >= 11 is 0. The van der Waals surface area contributed by atoms with Gasteiger partial charge in [-0.1, -0.05) is 231 Å². The summed E-state index contributed by atoms with van der Waals surface area (Å²) in [5.74, 6) is 0. The van der Waals surface area contributed by atoms with E-state index in [1.807, 2.05) is 0 Å². The van der Waals surface area contributed by atoms with Crippen LogP contribution in [0.1, 0.15) is 11.1 Å². The zero-order valence-electron chi connectivity index (χ0n) is 45.2. The third-order valence-electron chi connectivity index (χ3n) is 19.3. The van der Waals surface area contributed by atoms with Gasteiger partial charge in [0, 0.05) is 0 Å². The van der Waals surface area contributed by atoms with Crippen LogP contribution in [0.25, 0.3) is 196 Å². The quantitative estimate of drug-likeness (QED) is 0.119. The molecule has 376 valence electrons. The molecule has 0 spiro atoms. The molecule has 0 fully saturated rings. The fraction of sp³-hybridized carbons (Fsp3) is 0.0244. The standard InChI is InChI=1S/C82H48/c1-45-29-31-52(47-17-6-3-7-18-47)41-66(45)76-68-43-50-23-12-13-24-51(50)44-69(68)77(67-42-53(32-30-46(67)2)48-19-8-4-9-20-48)81-64-39-35-59-60-36-40-65-74-62(37-33-57(71(60)74)58-34-38-63(80(76)81)75(64)72(58)59)79-70(49-21-10-5-11-22-49)61-28-16-27-55-54-25-14-15-26-56(54)78(73(55)61)82(65)79/h3-44H,1-2H3. The SMILES string of the molecule is Cc1ccc(-c2ccccc2)cc1-c1c2c(c(-c3cc(-c4ccccc4)ccc3C)c3cc4ccccc4cc13)-c1ccc3c4ccc5c6c(ccc(c7ccc-2c1c73)c46)c1c(-c2ccccc2)c2cccc3c4ccccc4c(c23)c51. The summed E-state index contributed by atoms with van der Waals surface area (Å²) in [6.45, 7) is 4.62. The highest BCUT2D eigenvalue weighted by Gasteiger charge is 2.34. The molecular weight excluding hydrogens is 985 g/mol. The van der Waals surface area contributed by atoms with E-state index in [0.29, 0.717) is 0 Å². The van der Waals surface area contributed by atoms with Crippen molar-refractivity contribution in [2.75, 3.05) is 0 Å². The first-order valence-corrected chi connectivity index (χ1v) is 28.9. The van der Waals surface area contributed by atoms with Gasteiger partial charge in [-0.05, 0) is 246 Å². The lowest BCUT2D eigenvalue weighted by molar-refractivity contribution is 1.45. The van der Waals surface area contributed by atoms with Gasteiger partial charge < -0.3 is 0 Å². The number of fused-ring (bicyclic) bond motifs is 14. The molecule has 0 nitrogen and oxygen atoms in total. The van der Waals surface area contributed by atoms with Crippen molar-refractivity contribution < 1.29 is 0 Å². The van der Waals surface area contributed by atoms with Crippen molar-refractivity contribution >= 4 is 118 Å². The average molecular weight is 1030 g/mol. The molecule has 0 atom stereocenters. The van der Waals surface area contributed by atoms with Crippen LogP contribution in [0.2, 0.25) is 0 Å². The monoisotopic (exact) mass is 1030 g/mol. The largest absolute Gasteiger partial charge is 0.0622 e. The molecule has 0 heteroatoms. The van der Waals surface area contributed by atoms with E-state index in [4.69, 9.17) is 0 Å². The Morgan fingerprint density at radius 2 is 0.549 bits per heavy atom.